The first-order chi connectivity index (χ1) is 12.2. The zero-order valence-electron chi connectivity index (χ0n) is 14.0. The smallest absolute Gasteiger partial charge is 0.249 e. The molecule has 1 atom stereocenters. The Balaban J connectivity index is 1.77. The zero-order chi connectivity index (χ0) is 17.6. The molecule has 1 saturated heterocycles. The van der Waals surface area contributed by atoms with E-state index in [1.54, 1.807) is 24.1 Å². The molecule has 3 rings (SSSR count). The van der Waals surface area contributed by atoms with Gasteiger partial charge in [0.05, 0.1) is 19.4 Å². The number of rotatable bonds is 5. The quantitative estimate of drug-likeness (QED) is 0.905. The van der Waals surface area contributed by atoms with E-state index in [1.807, 2.05) is 42.5 Å². The molecule has 2 aromatic carbocycles. The average Bonchev–Trinajstić information content (AvgIpc) is 2.64. The van der Waals surface area contributed by atoms with Gasteiger partial charge in [0, 0.05) is 6.54 Å². The Kier molecular flexibility index (Phi) is 5.30. The lowest BCUT2D eigenvalue weighted by Crippen LogP contribution is -2.54. The molecule has 25 heavy (non-hydrogen) atoms. The van der Waals surface area contributed by atoms with Crippen LogP contribution in [0.5, 0.6) is 5.75 Å². The second kappa shape index (κ2) is 7.81. The van der Waals surface area contributed by atoms with Crippen LogP contribution in [0.1, 0.15) is 5.56 Å². The van der Waals surface area contributed by atoms with Crippen molar-refractivity contribution in [1.82, 2.24) is 4.90 Å². The normalized spacial score (nSPS) is 17.2. The van der Waals surface area contributed by atoms with Gasteiger partial charge in [0.2, 0.25) is 11.8 Å². The van der Waals surface area contributed by atoms with Crippen LogP contribution in [0, 0.1) is 0 Å². The number of para-hydroxylation sites is 2. The topological polar surface area (TPSA) is 67.9 Å². The summed E-state index contributed by atoms with van der Waals surface area (Å²) in [6, 6.07) is 16.0. The summed E-state index contributed by atoms with van der Waals surface area (Å²) in [5.74, 6) is 0.0669. The molecule has 2 amide bonds. The van der Waals surface area contributed by atoms with E-state index in [-0.39, 0.29) is 25.0 Å². The Morgan fingerprint density at radius 3 is 2.68 bits per heavy atom. The van der Waals surface area contributed by atoms with Gasteiger partial charge in [-0.25, -0.2) is 0 Å². The maximum Gasteiger partial charge on any atom is 0.249 e. The van der Waals surface area contributed by atoms with Crippen molar-refractivity contribution in [2.45, 2.75) is 12.6 Å². The van der Waals surface area contributed by atoms with Crippen LogP contribution in [0.3, 0.4) is 0 Å². The van der Waals surface area contributed by atoms with E-state index in [0.717, 1.165) is 5.56 Å². The number of ether oxygens (including phenoxy) is 2. The van der Waals surface area contributed by atoms with Crippen LogP contribution in [0.15, 0.2) is 54.6 Å². The van der Waals surface area contributed by atoms with Crippen LogP contribution >= 0.6 is 0 Å². The number of morpholine rings is 1. The van der Waals surface area contributed by atoms with Crippen molar-refractivity contribution in [2.24, 2.45) is 0 Å². The van der Waals surface area contributed by atoms with E-state index in [0.29, 0.717) is 18.0 Å². The van der Waals surface area contributed by atoms with Crippen molar-refractivity contribution in [1.29, 1.82) is 0 Å². The number of carbonyl (C=O) groups excluding carboxylic acids is 2. The van der Waals surface area contributed by atoms with Gasteiger partial charge >= 0.3 is 0 Å². The molecule has 1 aliphatic heterocycles. The number of benzene rings is 2. The minimum Gasteiger partial charge on any atom is -0.495 e. The lowest BCUT2D eigenvalue weighted by molar-refractivity contribution is -0.154. The van der Waals surface area contributed by atoms with E-state index < -0.39 is 6.04 Å². The van der Waals surface area contributed by atoms with Gasteiger partial charge in [-0.2, -0.15) is 0 Å². The van der Waals surface area contributed by atoms with E-state index in [4.69, 9.17) is 9.47 Å². The van der Waals surface area contributed by atoms with Gasteiger partial charge < -0.3 is 19.7 Å². The van der Waals surface area contributed by atoms with Crippen molar-refractivity contribution < 1.29 is 19.1 Å². The summed E-state index contributed by atoms with van der Waals surface area (Å²) in [4.78, 5) is 26.6. The molecule has 2 aromatic rings. The molecule has 0 unspecified atom stereocenters. The average molecular weight is 340 g/mol. The Labute approximate surface area is 146 Å². The van der Waals surface area contributed by atoms with Crippen LogP contribution in [0.25, 0.3) is 0 Å². The molecule has 0 aliphatic carbocycles. The number of methoxy groups -OCH3 is 1. The largest absolute Gasteiger partial charge is 0.495 e. The summed E-state index contributed by atoms with van der Waals surface area (Å²) in [6.07, 6.45) is 0. The van der Waals surface area contributed by atoms with Crippen molar-refractivity contribution in [3.8, 4) is 5.75 Å². The molecule has 1 N–H and O–H groups in total. The molecule has 0 aromatic heterocycles. The summed E-state index contributed by atoms with van der Waals surface area (Å²) < 4.78 is 10.5. The van der Waals surface area contributed by atoms with Crippen LogP contribution < -0.4 is 10.1 Å². The maximum absolute atomic E-state index is 12.7. The van der Waals surface area contributed by atoms with Gasteiger partial charge in [0.1, 0.15) is 18.4 Å². The molecule has 1 heterocycles. The lowest BCUT2D eigenvalue weighted by Gasteiger charge is -2.34. The Morgan fingerprint density at radius 2 is 1.92 bits per heavy atom. The number of nitrogens with zero attached hydrogens (tertiary/aromatic N) is 1. The molecule has 1 fully saturated rings. The molecule has 6 nitrogen and oxygen atoms in total. The predicted octanol–water partition coefficient (Wildman–Crippen LogP) is 2.06. The lowest BCUT2D eigenvalue weighted by atomic mass is 10.1. The van der Waals surface area contributed by atoms with E-state index in [2.05, 4.69) is 5.32 Å². The summed E-state index contributed by atoms with van der Waals surface area (Å²) >= 11 is 0. The fourth-order valence-electron chi connectivity index (χ4n) is 2.76. The number of amides is 2. The van der Waals surface area contributed by atoms with Crippen LogP contribution in [0.2, 0.25) is 0 Å². The van der Waals surface area contributed by atoms with Crippen molar-refractivity contribution >= 4 is 17.5 Å². The molecular formula is C19H20N2O4. The second-order valence-electron chi connectivity index (χ2n) is 5.73. The summed E-state index contributed by atoms with van der Waals surface area (Å²) in [5, 5.41) is 2.83. The van der Waals surface area contributed by atoms with Crippen LogP contribution in [0.4, 0.5) is 5.69 Å². The molecule has 0 radical (unpaired) electrons. The molecule has 0 spiro atoms. The van der Waals surface area contributed by atoms with Crippen LogP contribution in [-0.4, -0.2) is 43.1 Å². The molecule has 130 valence electrons. The molecule has 0 saturated carbocycles. The highest BCUT2D eigenvalue weighted by Gasteiger charge is 2.34. The highest BCUT2D eigenvalue weighted by molar-refractivity contribution is 5.98. The van der Waals surface area contributed by atoms with E-state index in [9.17, 15) is 9.59 Å². The minimum absolute atomic E-state index is 0.00866. The van der Waals surface area contributed by atoms with Crippen molar-refractivity contribution in [3.63, 3.8) is 0 Å². The van der Waals surface area contributed by atoms with Crippen molar-refractivity contribution in [3.05, 3.63) is 60.2 Å². The standard InChI is InChI=1S/C19H20N2O4/c1-24-17-10-6-5-9-15(17)20-19(23)16-12-25-13-18(22)21(16)11-14-7-3-2-4-8-14/h2-10,16H,11-13H2,1H3,(H,20,23)/t16-/m0/s1. The van der Waals surface area contributed by atoms with Gasteiger partial charge in [-0.15, -0.1) is 0 Å². The first kappa shape index (κ1) is 17.0. The third-order valence-electron chi connectivity index (χ3n) is 4.06. The van der Waals surface area contributed by atoms with Gasteiger partial charge in [-0.05, 0) is 17.7 Å². The first-order valence-corrected chi connectivity index (χ1v) is 8.04. The highest BCUT2D eigenvalue weighted by Crippen LogP contribution is 2.24. The fourth-order valence-corrected chi connectivity index (χ4v) is 2.76. The summed E-state index contributed by atoms with van der Waals surface area (Å²) in [5.41, 5.74) is 1.53. The Bertz CT molecular complexity index is 748. The Morgan fingerprint density at radius 1 is 1.20 bits per heavy atom. The van der Waals surface area contributed by atoms with E-state index >= 15 is 0 Å². The zero-order valence-corrected chi connectivity index (χ0v) is 14.0. The fraction of sp³-hybridized carbons (Fsp3) is 0.263. The second-order valence-corrected chi connectivity index (χ2v) is 5.73. The summed E-state index contributed by atoms with van der Waals surface area (Å²) in [7, 11) is 1.54. The molecular weight excluding hydrogens is 320 g/mol. The number of carbonyl (C=O) groups is 2. The van der Waals surface area contributed by atoms with E-state index in [1.165, 1.54) is 0 Å². The number of anilines is 1. The van der Waals surface area contributed by atoms with Gasteiger partial charge in [-0.1, -0.05) is 42.5 Å². The van der Waals surface area contributed by atoms with Crippen molar-refractivity contribution in [2.75, 3.05) is 25.6 Å². The molecule has 0 bridgehead atoms. The van der Waals surface area contributed by atoms with Gasteiger partial charge in [0.15, 0.2) is 0 Å². The number of nitrogens with one attached hydrogen (secondary N) is 1. The number of hydrogen-bond donors (Lipinski definition) is 1. The van der Waals surface area contributed by atoms with Gasteiger partial charge in [0.25, 0.3) is 0 Å². The summed E-state index contributed by atoms with van der Waals surface area (Å²) in [6.45, 7) is 0.526. The third kappa shape index (κ3) is 3.97. The third-order valence-corrected chi connectivity index (χ3v) is 4.06. The van der Waals surface area contributed by atoms with Crippen LogP contribution in [-0.2, 0) is 20.9 Å². The maximum atomic E-state index is 12.7. The molecule has 1 aliphatic rings. The molecule has 6 heteroatoms. The Hall–Kier alpha value is -2.86. The monoisotopic (exact) mass is 340 g/mol. The predicted molar refractivity (Wildman–Crippen MR) is 93.2 cm³/mol. The first-order valence-electron chi connectivity index (χ1n) is 8.04. The van der Waals surface area contributed by atoms with Gasteiger partial charge in [-0.3, -0.25) is 9.59 Å². The number of hydrogen-bond acceptors (Lipinski definition) is 4. The highest BCUT2D eigenvalue weighted by atomic mass is 16.5. The minimum atomic E-state index is -0.689. The SMILES string of the molecule is COc1ccccc1NC(=O)[C@@H]1COCC(=O)N1Cc1ccccc1.